The smallest absolute Gasteiger partial charge is 0.264 e. The lowest BCUT2D eigenvalue weighted by molar-refractivity contribution is 0.0734. The minimum atomic E-state index is 0.245. The van der Waals surface area contributed by atoms with Crippen molar-refractivity contribution in [2.75, 3.05) is 11.9 Å². The molecule has 1 saturated heterocycles. The number of halogens is 1. The van der Waals surface area contributed by atoms with Gasteiger partial charge in [0.1, 0.15) is 0 Å². The van der Waals surface area contributed by atoms with Crippen LogP contribution < -0.4 is 0 Å². The molecule has 2 rings (SSSR count). The van der Waals surface area contributed by atoms with Crippen molar-refractivity contribution in [1.29, 1.82) is 0 Å². The highest BCUT2D eigenvalue weighted by molar-refractivity contribution is 9.09. The van der Waals surface area contributed by atoms with Crippen molar-refractivity contribution < 1.29 is 4.79 Å². The van der Waals surface area contributed by atoms with Crippen molar-refractivity contribution in [1.82, 2.24) is 4.90 Å². The van der Waals surface area contributed by atoms with E-state index >= 15 is 0 Å². The van der Waals surface area contributed by atoms with Gasteiger partial charge >= 0.3 is 0 Å². The summed E-state index contributed by atoms with van der Waals surface area (Å²) >= 11 is 5.03. The molecule has 2 nitrogen and oxygen atoms in total. The van der Waals surface area contributed by atoms with Gasteiger partial charge < -0.3 is 4.90 Å². The fraction of sp³-hybridized carbons (Fsp3) is 0.615. The first-order valence-corrected chi connectivity index (χ1v) is 8.15. The topological polar surface area (TPSA) is 20.3 Å². The van der Waals surface area contributed by atoms with Crippen LogP contribution in [0.2, 0.25) is 0 Å². The van der Waals surface area contributed by atoms with Gasteiger partial charge in [0, 0.05) is 17.9 Å². The fourth-order valence-corrected chi connectivity index (χ4v) is 3.64. The SMILES string of the molecule is Cc1ccsc1C(=O)N1CCCC1CCCBr. The van der Waals surface area contributed by atoms with Crippen LogP contribution in [0.15, 0.2) is 11.4 Å². The maximum absolute atomic E-state index is 12.4. The monoisotopic (exact) mass is 315 g/mol. The molecule has 4 heteroatoms. The summed E-state index contributed by atoms with van der Waals surface area (Å²) in [7, 11) is 0. The highest BCUT2D eigenvalue weighted by atomic mass is 79.9. The Morgan fingerprint density at radius 2 is 2.47 bits per heavy atom. The zero-order valence-electron chi connectivity index (χ0n) is 10.1. The van der Waals surface area contributed by atoms with E-state index in [4.69, 9.17) is 0 Å². The van der Waals surface area contributed by atoms with Crippen LogP contribution in [0.5, 0.6) is 0 Å². The number of alkyl halides is 1. The van der Waals surface area contributed by atoms with Gasteiger partial charge in [-0.3, -0.25) is 4.79 Å². The molecule has 94 valence electrons. The molecule has 2 heterocycles. The molecule has 1 atom stereocenters. The van der Waals surface area contributed by atoms with Gasteiger partial charge in [-0.25, -0.2) is 0 Å². The van der Waals surface area contributed by atoms with Crippen LogP contribution >= 0.6 is 27.3 Å². The molecular formula is C13H18BrNOS. The van der Waals surface area contributed by atoms with Gasteiger partial charge in [-0.1, -0.05) is 15.9 Å². The summed E-state index contributed by atoms with van der Waals surface area (Å²) in [5.41, 5.74) is 1.12. The fourth-order valence-electron chi connectivity index (χ4n) is 2.44. The van der Waals surface area contributed by atoms with Crippen molar-refractivity contribution in [2.24, 2.45) is 0 Å². The molecule has 0 bridgehead atoms. The van der Waals surface area contributed by atoms with E-state index in [1.165, 1.54) is 6.42 Å². The number of nitrogens with zero attached hydrogens (tertiary/aromatic N) is 1. The van der Waals surface area contributed by atoms with Gasteiger partial charge in [0.05, 0.1) is 4.88 Å². The van der Waals surface area contributed by atoms with Gasteiger partial charge in [0.25, 0.3) is 5.91 Å². The van der Waals surface area contributed by atoms with Crippen molar-refractivity contribution in [2.45, 2.75) is 38.6 Å². The summed E-state index contributed by atoms with van der Waals surface area (Å²) in [6.07, 6.45) is 4.60. The molecule has 1 aliphatic heterocycles. The van der Waals surface area contributed by atoms with Gasteiger partial charge in [0.15, 0.2) is 0 Å². The second kappa shape index (κ2) is 6.01. The summed E-state index contributed by atoms with van der Waals surface area (Å²) in [6.45, 7) is 2.95. The Morgan fingerprint density at radius 3 is 3.12 bits per heavy atom. The van der Waals surface area contributed by atoms with Gasteiger partial charge in [-0.15, -0.1) is 11.3 Å². The van der Waals surface area contributed by atoms with Crippen LogP contribution in [0.4, 0.5) is 0 Å². The summed E-state index contributed by atoms with van der Waals surface area (Å²) < 4.78 is 0. The number of thiophene rings is 1. The van der Waals surface area contributed by atoms with Crippen molar-refractivity contribution in [3.63, 3.8) is 0 Å². The second-order valence-corrected chi connectivity index (χ2v) is 6.27. The standard InChI is InChI=1S/C13H18BrNOS/c1-10-6-9-17-12(10)13(16)15-8-3-5-11(15)4-2-7-14/h6,9,11H,2-5,7-8H2,1H3. The molecule has 0 radical (unpaired) electrons. The average molecular weight is 316 g/mol. The molecule has 1 aromatic heterocycles. The first-order valence-electron chi connectivity index (χ1n) is 6.15. The maximum Gasteiger partial charge on any atom is 0.264 e. The van der Waals surface area contributed by atoms with Crippen molar-refractivity contribution in [3.8, 4) is 0 Å². The molecule has 1 amide bonds. The molecule has 1 aliphatic rings. The van der Waals surface area contributed by atoms with E-state index < -0.39 is 0 Å². The van der Waals surface area contributed by atoms with E-state index in [2.05, 4.69) is 20.8 Å². The minimum absolute atomic E-state index is 0.245. The van der Waals surface area contributed by atoms with Crippen LogP contribution in [-0.4, -0.2) is 28.7 Å². The van der Waals surface area contributed by atoms with E-state index in [0.717, 1.165) is 41.6 Å². The molecular weight excluding hydrogens is 298 g/mol. The Hall–Kier alpha value is -0.350. The van der Waals surface area contributed by atoms with Crippen LogP contribution in [0.25, 0.3) is 0 Å². The van der Waals surface area contributed by atoms with E-state index in [1.807, 2.05) is 18.4 Å². The lowest BCUT2D eigenvalue weighted by atomic mass is 10.1. The highest BCUT2D eigenvalue weighted by Crippen LogP contribution is 2.26. The zero-order valence-corrected chi connectivity index (χ0v) is 12.5. The second-order valence-electron chi connectivity index (χ2n) is 4.56. The summed E-state index contributed by atoms with van der Waals surface area (Å²) in [6, 6.07) is 2.49. The minimum Gasteiger partial charge on any atom is -0.335 e. The number of aryl methyl sites for hydroxylation is 1. The predicted molar refractivity (Wildman–Crippen MR) is 76.1 cm³/mol. The predicted octanol–water partition coefficient (Wildman–Crippen LogP) is 3.84. The highest BCUT2D eigenvalue weighted by Gasteiger charge is 2.29. The molecule has 1 fully saturated rings. The zero-order chi connectivity index (χ0) is 12.3. The van der Waals surface area contributed by atoms with E-state index in [9.17, 15) is 4.79 Å². The lowest BCUT2D eigenvalue weighted by Crippen LogP contribution is -2.35. The number of amides is 1. The van der Waals surface area contributed by atoms with E-state index in [0.29, 0.717) is 6.04 Å². The Kier molecular flexibility index (Phi) is 4.62. The summed E-state index contributed by atoms with van der Waals surface area (Å²) in [5, 5.41) is 3.04. The van der Waals surface area contributed by atoms with Gasteiger partial charge in [0.2, 0.25) is 0 Å². The third kappa shape index (κ3) is 2.91. The first-order chi connectivity index (χ1) is 8.24. The van der Waals surface area contributed by atoms with Gasteiger partial charge in [-0.2, -0.15) is 0 Å². The number of carbonyl (C=O) groups is 1. The number of likely N-dealkylation sites (tertiary alicyclic amines) is 1. The van der Waals surface area contributed by atoms with Crippen LogP contribution in [0, 0.1) is 6.92 Å². The third-order valence-electron chi connectivity index (χ3n) is 3.37. The number of hydrogen-bond acceptors (Lipinski definition) is 2. The summed E-state index contributed by atoms with van der Waals surface area (Å²) in [5.74, 6) is 0.245. The maximum atomic E-state index is 12.4. The molecule has 0 aliphatic carbocycles. The molecule has 1 aromatic rings. The van der Waals surface area contributed by atoms with E-state index in [1.54, 1.807) is 11.3 Å². The molecule has 0 aromatic carbocycles. The summed E-state index contributed by atoms with van der Waals surface area (Å²) in [4.78, 5) is 15.4. The van der Waals surface area contributed by atoms with Crippen LogP contribution in [0.3, 0.4) is 0 Å². The van der Waals surface area contributed by atoms with Crippen molar-refractivity contribution in [3.05, 3.63) is 21.9 Å². The number of rotatable bonds is 4. The molecule has 17 heavy (non-hydrogen) atoms. The average Bonchev–Trinajstić information content (AvgIpc) is 2.94. The number of hydrogen-bond donors (Lipinski definition) is 0. The third-order valence-corrected chi connectivity index (χ3v) is 4.93. The quantitative estimate of drug-likeness (QED) is 0.773. The molecule has 0 N–H and O–H groups in total. The Labute approximate surface area is 115 Å². The largest absolute Gasteiger partial charge is 0.335 e. The van der Waals surface area contributed by atoms with Crippen LogP contribution in [-0.2, 0) is 0 Å². The van der Waals surface area contributed by atoms with E-state index in [-0.39, 0.29) is 5.91 Å². The normalized spacial score (nSPS) is 19.9. The molecule has 0 saturated carbocycles. The Balaban J connectivity index is 2.06. The van der Waals surface area contributed by atoms with Crippen LogP contribution in [0.1, 0.15) is 40.9 Å². The lowest BCUT2D eigenvalue weighted by Gasteiger charge is -2.24. The Bertz CT molecular complexity index is 391. The molecule has 1 unspecified atom stereocenters. The molecule has 0 spiro atoms. The van der Waals surface area contributed by atoms with Crippen molar-refractivity contribution >= 4 is 33.2 Å². The van der Waals surface area contributed by atoms with Gasteiger partial charge in [-0.05, 0) is 49.6 Å². The Morgan fingerprint density at radius 1 is 1.65 bits per heavy atom. The number of carbonyl (C=O) groups excluding carboxylic acids is 1. The first kappa shape index (κ1) is 13.1.